The number of hydrogen-bond acceptors (Lipinski definition) is 2. The van der Waals surface area contributed by atoms with Crippen molar-refractivity contribution in [3.05, 3.63) is 0 Å². The molecule has 5 heteroatoms. The minimum absolute atomic E-state index is 0. The lowest BCUT2D eigenvalue weighted by Crippen LogP contribution is -2.41. The van der Waals surface area contributed by atoms with Gasteiger partial charge in [-0.15, -0.1) is 30.4 Å². The lowest BCUT2D eigenvalue weighted by molar-refractivity contribution is 0.145. The van der Waals surface area contributed by atoms with Gasteiger partial charge in [-0.2, -0.15) is 0 Å². The zero-order valence-electron chi connectivity index (χ0n) is 13.0. The lowest BCUT2D eigenvalue weighted by Gasteiger charge is -2.34. The van der Waals surface area contributed by atoms with Gasteiger partial charge in [0.25, 0.3) is 0 Å². The first-order valence-corrected chi connectivity index (χ1v) is 7.33. The van der Waals surface area contributed by atoms with E-state index in [0.717, 1.165) is 37.4 Å². The van der Waals surface area contributed by atoms with Crippen LogP contribution in [0.4, 0.5) is 0 Å². The molecule has 0 amide bonds. The first-order valence-electron chi connectivity index (χ1n) is 7.33. The largest absolute Gasteiger partial charge is 0.357 e. The first kappa shape index (κ1) is 19.5. The Morgan fingerprint density at radius 3 is 2.50 bits per heavy atom. The van der Waals surface area contributed by atoms with Crippen LogP contribution in [0, 0.1) is 24.2 Å². The third-order valence-electron chi connectivity index (χ3n) is 3.33. The number of halogens is 1. The second-order valence-electron chi connectivity index (χ2n) is 5.52. The van der Waals surface area contributed by atoms with Crippen LogP contribution in [-0.4, -0.2) is 50.1 Å². The average molecular weight is 392 g/mol. The van der Waals surface area contributed by atoms with Crippen molar-refractivity contribution >= 4 is 29.9 Å². The van der Waals surface area contributed by atoms with Crippen LogP contribution in [0.1, 0.15) is 27.2 Å². The van der Waals surface area contributed by atoms with Gasteiger partial charge in [0.15, 0.2) is 5.96 Å². The molecule has 1 aliphatic heterocycles. The van der Waals surface area contributed by atoms with E-state index in [0.29, 0.717) is 6.54 Å². The van der Waals surface area contributed by atoms with Gasteiger partial charge in [-0.05, 0) is 25.2 Å². The summed E-state index contributed by atoms with van der Waals surface area (Å²) < 4.78 is 0. The number of likely N-dealkylation sites (tertiary alicyclic amines) is 1. The number of nitrogens with one attached hydrogen (secondary N) is 2. The van der Waals surface area contributed by atoms with Gasteiger partial charge in [-0.25, -0.2) is 0 Å². The molecule has 1 saturated heterocycles. The quantitative estimate of drug-likeness (QED) is 0.324. The molecule has 2 N–H and O–H groups in total. The van der Waals surface area contributed by atoms with Gasteiger partial charge in [-0.1, -0.05) is 19.8 Å². The van der Waals surface area contributed by atoms with E-state index in [-0.39, 0.29) is 24.0 Å². The smallest absolute Gasteiger partial charge is 0.192 e. The van der Waals surface area contributed by atoms with E-state index < -0.39 is 0 Å². The third kappa shape index (κ3) is 7.95. The van der Waals surface area contributed by atoms with E-state index in [1.165, 1.54) is 19.5 Å². The molecule has 2 atom stereocenters. The maximum atomic E-state index is 5.25. The van der Waals surface area contributed by atoms with Crippen LogP contribution in [0.25, 0.3) is 0 Å². The molecule has 0 aromatic carbocycles. The molecule has 20 heavy (non-hydrogen) atoms. The Morgan fingerprint density at radius 2 is 1.95 bits per heavy atom. The highest BCUT2D eigenvalue weighted by Crippen LogP contribution is 2.20. The molecule has 0 radical (unpaired) electrons. The fourth-order valence-electron chi connectivity index (χ4n) is 2.75. The maximum absolute atomic E-state index is 5.25. The van der Waals surface area contributed by atoms with Gasteiger partial charge >= 0.3 is 0 Å². The van der Waals surface area contributed by atoms with Crippen LogP contribution in [-0.2, 0) is 0 Å². The average Bonchev–Trinajstić information content (AvgIpc) is 2.34. The Morgan fingerprint density at radius 1 is 1.30 bits per heavy atom. The zero-order valence-corrected chi connectivity index (χ0v) is 15.3. The van der Waals surface area contributed by atoms with Gasteiger partial charge in [-0.3, -0.25) is 4.99 Å². The number of terminal acetylenes is 1. The highest BCUT2D eigenvalue weighted by atomic mass is 127. The highest BCUT2D eigenvalue weighted by molar-refractivity contribution is 14.0. The van der Waals surface area contributed by atoms with Crippen LogP contribution < -0.4 is 10.6 Å². The van der Waals surface area contributed by atoms with Gasteiger partial charge in [0.1, 0.15) is 0 Å². The number of piperidine rings is 1. The monoisotopic (exact) mass is 392 g/mol. The van der Waals surface area contributed by atoms with Gasteiger partial charge in [0.2, 0.25) is 0 Å². The summed E-state index contributed by atoms with van der Waals surface area (Å²) in [5.41, 5.74) is 0. The lowest BCUT2D eigenvalue weighted by atomic mass is 9.92. The molecule has 0 aliphatic carbocycles. The van der Waals surface area contributed by atoms with Gasteiger partial charge in [0.05, 0.1) is 13.1 Å². The molecular weight excluding hydrogens is 363 g/mol. The topological polar surface area (TPSA) is 39.7 Å². The predicted molar refractivity (Wildman–Crippen MR) is 97.6 cm³/mol. The summed E-state index contributed by atoms with van der Waals surface area (Å²) in [4.78, 5) is 7.07. The Hall–Kier alpha value is -0.480. The summed E-state index contributed by atoms with van der Waals surface area (Å²) in [5.74, 6) is 5.00. The van der Waals surface area contributed by atoms with Crippen molar-refractivity contribution in [3.63, 3.8) is 0 Å². The second kappa shape index (κ2) is 11.2. The molecule has 1 aliphatic rings. The molecule has 0 saturated carbocycles. The summed E-state index contributed by atoms with van der Waals surface area (Å²) in [7, 11) is 0. The van der Waals surface area contributed by atoms with Crippen molar-refractivity contribution in [1.82, 2.24) is 15.5 Å². The Bertz CT molecular complexity index is 314. The fourth-order valence-corrected chi connectivity index (χ4v) is 2.75. The molecular formula is C15H29IN4. The summed E-state index contributed by atoms with van der Waals surface area (Å²) in [5, 5.41) is 6.31. The molecule has 0 bridgehead atoms. The molecule has 0 spiro atoms. The second-order valence-corrected chi connectivity index (χ2v) is 5.52. The maximum Gasteiger partial charge on any atom is 0.192 e. The Labute approximate surface area is 141 Å². The molecule has 1 fully saturated rings. The minimum atomic E-state index is 0. The molecule has 2 unspecified atom stereocenters. The minimum Gasteiger partial charge on any atom is -0.357 e. The number of nitrogens with zero attached hydrogens (tertiary/aromatic N) is 2. The van der Waals surface area contributed by atoms with E-state index in [4.69, 9.17) is 6.42 Å². The van der Waals surface area contributed by atoms with Crippen molar-refractivity contribution in [3.8, 4) is 12.3 Å². The molecule has 116 valence electrons. The van der Waals surface area contributed by atoms with Crippen molar-refractivity contribution in [2.24, 2.45) is 16.8 Å². The molecule has 0 aromatic heterocycles. The van der Waals surface area contributed by atoms with Crippen molar-refractivity contribution in [1.29, 1.82) is 0 Å². The zero-order chi connectivity index (χ0) is 14.1. The summed E-state index contributed by atoms with van der Waals surface area (Å²) in [6, 6.07) is 0. The Balaban J connectivity index is 0.00000361. The molecule has 1 rings (SSSR count). The van der Waals surface area contributed by atoms with E-state index in [1.54, 1.807) is 0 Å². The molecule has 4 nitrogen and oxygen atoms in total. The Kier molecular flexibility index (Phi) is 10.9. The summed E-state index contributed by atoms with van der Waals surface area (Å²) in [6.45, 7) is 12.4. The standard InChI is InChI=1S/C15H28N4.HI/c1-5-7-17-15(16-6-2)18-8-9-19-11-13(3)10-14(4)12-19;/h1,13-14H,6-12H2,2-4H3,(H2,16,17,18);1H. The van der Waals surface area contributed by atoms with E-state index >= 15 is 0 Å². The van der Waals surface area contributed by atoms with Crippen LogP contribution in [0.15, 0.2) is 4.99 Å². The first-order chi connectivity index (χ1) is 9.15. The van der Waals surface area contributed by atoms with Crippen LogP contribution in [0.2, 0.25) is 0 Å². The normalized spacial score (nSPS) is 23.6. The number of rotatable bonds is 5. The van der Waals surface area contributed by atoms with E-state index in [9.17, 15) is 0 Å². The van der Waals surface area contributed by atoms with E-state index in [2.05, 4.69) is 47.2 Å². The van der Waals surface area contributed by atoms with Crippen LogP contribution in [0.5, 0.6) is 0 Å². The number of aliphatic imine (C=N–C) groups is 1. The number of hydrogen-bond donors (Lipinski definition) is 2. The van der Waals surface area contributed by atoms with Crippen molar-refractivity contribution in [2.45, 2.75) is 27.2 Å². The summed E-state index contributed by atoms with van der Waals surface area (Å²) in [6.07, 6.45) is 6.60. The molecule has 1 heterocycles. The van der Waals surface area contributed by atoms with E-state index in [1.807, 2.05) is 0 Å². The third-order valence-corrected chi connectivity index (χ3v) is 3.33. The summed E-state index contributed by atoms with van der Waals surface area (Å²) >= 11 is 0. The van der Waals surface area contributed by atoms with Crippen molar-refractivity contribution in [2.75, 3.05) is 39.3 Å². The van der Waals surface area contributed by atoms with Gasteiger partial charge < -0.3 is 15.5 Å². The van der Waals surface area contributed by atoms with Crippen molar-refractivity contribution < 1.29 is 0 Å². The highest BCUT2D eigenvalue weighted by Gasteiger charge is 2.20. The van der Waals surface area contributed by atoms with Crippen LogP contribution >= 0.6 is 24.0 Å². The van der Waals surface area contributed by atoms with Gasteiger partial charge in [0, 0.05) is 26.2 Å². The SMILES string of the molecule is C#CCNC(=NCCN1CC(C)CC(C)C1)NCC.I. The number of guanidine groups is 1. The molecule has 0 aromatic rings. The predicted octanol–water partition coefficient (Wildman–Crippen LogP) is 1.77. The fraction of sp³-hybridized carbons (Fsp3) is 0.800. The van der Waals surface area contributed by atoms with Crippen LogP contribution in [0.3, 0.4) is 0 Å².